The molecule has 0 atom stereocenters. The number of nitrogens with one attached hydrogen (secondary N) is 1. The van der Waals surface area contributed by atoms with E-state index in [4.69, 9.17) is 9.84 Å². The Balaban J connectivity index is 2.67. The van der Waals surface area contributed by atoms with Gasteiger partial charge in [-0.05, 0) is 25.5 Å². The third kappa shape index (κ3) is 4.04. The zero-order valence-electron chi connectivity index (χ0n) is 10.4. The summed E-state index contributed by atoms with van der Waals surface area (Å²) in [6, 6.07) is 3.13. The molecule has 0 saturated heterocycles. The maximum Gasteiger partial charge on any atom is 0.358 e. The molecule has 0 aromatic carbocycles. The maximum atomic E-state index is 11.3. The minimum absolute atomic E-state index is 0.0970. The summed E-state index contributed by atoms with van der Waals surface area (Å²) in [5.41, 5.74) is 0.397. The molecular weight excluding hydrogens is 236 g/mol. The van der Waals surface area contributed by atoms with Gasteiger partial charge in [-0.15, -0.1) is 0 Å². The fourth-order valence-corrected chi connectivity index (χ4v) is 1.27. The molecule has 0 aliphatic heterocycles. The molecule has 0 radical (unpaired) electrons. The molecule has 0 unspecified atom stereocenters. The highest BCUT2D eigenvalue weighted by molar-refractivity contribution is 5.88. The molecule has 1 amide bonds. The lowest BCUT2D eigenvalue weighted by atomic mass is 10.3. The van der Waals surface area contributed by atoms with Gasteiger partial charge in [-0.1, -0.05) is 6.92 Å². The van der Waals surface area contributed by atoms with Crippen LogP contribution < -0.4 is 10.1 Å². The van der Waals surface area contributed by atoms with Crippen LogP contribution >= 0.6 is 0 Å². The normalized spacial score (nSPS) is 9.89. The molecular formula is C12H16N2O4. The second kappa shape index (κ2) is 6.58. The summed E-state index contributed by atoms with van der Waals surface area (Å²) in [6.45, 7) is 3.98. The number of ether oxygens (including phenoxy) is 1. The van der Waals surface area contributed by atoms with Crippen LogP contribution in [0.3, 0.4) is 0 Å². The second-order valence-corrected chi connectivity index (χ2v) is 3.74. The number of aromatic nitrogens is 1. The number of hydrogen-bond donors (Lipinski definition) is 2. The van der Waals surface area contributed by atoms with E-state index in [9.17, 15) is 9.59 Å². The van der Waals surface area contributed by atoms with Crippen molar-refractivity contribution < 1.29 is 19.4 Å². The molecule has 6 heteroatoms. The molecule has 1 aromatic rings. The van der Waals surface area contributed by atoms with Gasteiger partial charge in [0.25, 0.3) is 5.91 Å². The average Bonchev–Trinajstić information content (AvgIpc) is 2.34. The minimum Gasteiger partial charge on any atom is -0.481 e. The molecule has 0 aliphatic rings. The largest absolute Gasteiger partial charge is 0.481 e. The van der Waals surface area contributed by atoms with Crippen LogP contribution in [0, 0.1) is 6.92 Å². The monoisotopic (exact) mass is 252 g/mol. The summed E-state index contributed by atoms with van der Waals surface area (Å²) >= 11 is 0. The van der Waals surface area contributed by atoms with E-state index in [1.807, 2.05) is 6.92 Å². The Kier molecular flexibility index (Phi) is 5.10. The number of carbonyl (C=O) groups is 2. The van der Waals surface area contributed by atoms with Gasteiger partial charge in [-0.2, -0.15) is 0 Å². The predicted octanol–water partition coefficient (Wildman–Crippen LogP) is 0.993. The van der Waals surface area contributed by atoms with Crippen LogP contribution in [0.15, 0.2) is 12.1 Å². The van der Waals surface area contributed by atoms with Crippen LogP contribution in [0.25, 0.3) is 0 Å². The minimum atomic E-state index is -1.18. The number of carboxylic acid groups (broad SMARTS) is 1. The van der Waals surface area contributed by atoms with Crippen LogP contribution in [0.5, 0.6) is 5.75 Å². The van der Waals surface area contributed by atoms with Gasteiger partial charge in [0.1, 0.15) is 0 Å². The highest BCUT2D eigenvalue weighted by Crippen LogP contribution is 2.16. The number of pyridine rings is 1. The van der Waals surface area contributed by atoms with Crippen molar-refractivity contribution >= 4 is 11.9 Å². The van der Waals surface area contributed by atoms with Gasteiger partial charge in [-0.25, -0.2) is 9.78 Å². The fourth-order valence-electron chi connectivity index (χ4n) is 1.27. The van der Waals surface area contributed by atoms with Gasteiger partial charge < -0.3 is 15.2 Å². The number of nitrogens with zero attached hydrogens (tertiary/aromatic N) is 1. The molecule has 2 N–H and O–H groups in total. The summed E-state index contributed by atoms with van der Waals surface area (Å²) < 4.78 is 5.16. The van der Waals surface area contributed by atoms with Gasteiger partial charge in [0.2, 0.25) is 0 Å². The van der Waals surface area contributed by atoms with Crippen molar-refractivity contribution in [2.45, 2.75) is 20.3 Å². The maximum absolute atomic E-state index is 11.3. The Bertz CT molecular complexity index is 446. The molecule has 0 spiro atoms. The third-order valence-electron chi connectivity index (χ3n) is 2.13. The quantitative estimate of drug-likeness (QED) is 0.788. The van der Waals surface area contributed by atoms with Crippen LogP contribution in [-0.4, -0.2) is 35.1 Å². The third-order valence-corrected chi connectivity index (χ3v) is 2.13. The van der Waals surface area contributed by atoms with Gasteiger partial charge in [-0.3, -0.25) is 4.79 Å². The SMILES string of the molecule is CCCNC(=O)COc1ccc(C)nc1C(=O)O. The van der Waals surface area contributed by atoms with E-state index in [0.717, 1.165) is 6.42 Å². The van der Waals surface area contributed by atoms with Gasteiger partial charge >= 0.3 is 5.97 Å². The standard InChI is InChI=1S/C12H16N2O4/c1-3-6-13-10(15)7-18-9-5-4-8(2)14-11(9)12(16)17/h4-5H,3,6-7H2,1-2H3,(H,13,15)(H,16,17). The van der Waals surface area contributed by atoms with Crippen molar-refractivity contribution in [1.82, 2.24) is 10.3 Å². The number of aryl methyl sites for hydroxylation is 1. The van der Waals surface area contributed by atoms with Crippen LogP contribution in [0.2, 0.25) is 0 Å². The Morgan fingerprint density at radius 2 is 2.17 bits per heavy atom. The Labute approximate surface area is 105 Å². The van der Waals surface area contributed by atoms with Crippen LogP contribution in [0.4, 0.5) is 0 Å². The summed E-state index contributed by atoms with van der Waals surface area (Å²) in [5.74, 6) is -1.36. The zero-order valence-corrected chi connectivity index (χ0v) is 10.4. The number of carboxylic acids is 1. The molecule has 0 fully saturated rings. The van der Waals surface area contributed by atoms with E-state index in [1.165, 1.54) is 6.07 Å². The predicted molar refractivity (Wildman–Crippen MR) is 64.7 cm³/mol. The van der Waals surface area contributed by atoms with E-state index < -0.39 is 5.97 Å². The van der Waals surface area contributed by atoms with Crippen LogP contribution in [-0.2, 0) is 4.79 Å². The van der Waals surface area contributed by atoms with Crippen molar-refractivity contribution in [2.24, 2.45) is 0 Å². The zero-order chi connectivity index (χ0) is 13.5. The molecule has 0 bridgehead atoms. The molecule has 1 aromatic heterocycles. The second-order valence-electron chi connectivity index (χ2n) is 3.74. The molecule has 98 valence electrons. The number of hydrogen-bond acceptors (Lipinski definition) is 4. The molecule has 0 aliphatic carbocycles. The van der Waals surface area contributed by atoms with Crippen molar-refractivity contribution in [2.75, 3.05) is 13.2 Å². The summed E-state index contributed by atoms with van der Waals surface area (Å²) in [4.78, 5) is 26.1. The first-order chi connectivity index (χ1) is 8.54. The highest BCUT2D eigenvalue weighted by Gasteiger charge is 2.14. The average molecular weight is 252 g/mol. The topological polar surface area (TPSA) is 88.5 Å². The van der Waals surface area contributed by atoms with Crippen LogP contribution in [0.1, 0.15) is 29.5 Å². The first-order valence-electron chi connectivity index (χ1n) is 5.65. The van der Waals surface area contributed by atoms with Gasteiger partial charge in [0.15, 0.2) is 18.1 Å². The van der Waals surface area contributed by atoms with E-state index in [0.29, 0.717) is 12.2 Å². The van der Waals surface area contributed by atoms with E-state index in [1.54, 1.807) is 13.0 Å². The summed E-state index contributed by atoms with van der Waals surface area (Å²) in [6.07, 6.45) is 0.832. The van der Waals surface area contributed by atoms with E-state index in [-0.39, 0.29) is 24.0 Å². The molecule has 18 heavy (non-hydrogen) atoms. The van der Waals surface area contributed by atoms with Crippen molar-refractivity contribution in [3.8, 4) is 5.75 Å². The lowest BCUT2D eigenvalue weighted by Crippen LogP contribution is -2.29. The van der Waals surface area contributed by atoms with Crippen molar-refractivity contribution in [1.29, 1.82) is 0 Å². The molecule has 6 nitrogen and oxygen atoms in total. The fraction of sp³-hybridized carbons (Fsp3) is 0.417. The van der Waals surface area contributed by atoms with Gasteiger partial charge in [0.05, 0.1) is 0 Å². The number of carbonyl (C=O) groups excluding carboxylic acids is 1. The Hall–Kier alpha value is -2.11. The Morgan fingerprint density at radius 3 is 2.78 bits per heavy atom. The lowest BCUT2D eigenvalue weighted by molar-refractivity contribution is -0.123. The number of amides is 1. The Morgan fingerprint density at radius 1 is 1.44 bits per heavy atom. The molecule has 0 saturated carbocycles. The number of aromatic carboxylic acids is 1. The first-order valence-corrected chi connectivity index (χ1v) is 5.65. The smallest absolute Gasteiger partial charge is 0.358 e. The molecule has 1 heterocycles. The van der Waals surface area contributed by atoms with E-state index in [2.05, 4.69) is 10.3 Å². The highest BCUT2D eigenvalue weighted by atomic mass is 16.5. The first kappa shape index (κ1) is 14.0. The molecule has 1 rings (SSSR count). The van der Waals surface area contributed by atoms with Gasteiger partial charge in [0, 0.05) is 12.2 Å². The van der Waals surface area contributed by atoms with Crippen molar-refractivity contribution in [3.63, 3.8) is 0 Å². The summed E-state index contributed by atoms with van der Waals surface area (Å²) in [5, 5.41) is 11.6. The number of rotatable bonds is 6. The lowest BCUT2D eigenvalue weighted by Gasteiger charge is -2.09. The summed E-state index contributed by atoms with van der Waals surface area (Å²) in [7, 11) is 0. The van der Waals surface area contributed by atoms with Crippen molar-refractivity contribution in [3.05, 3.63) is 23.5 Å². The van der Waals surface area contributed by atoms with E-state index >= 15 is 0 Å².